The quantitative estimate of drug-likeness (QED) is 0.502. The standard InChI is InChI=1S/C7H6O3.Ca/c8-6-4-2-1-3-5(6)7(9)10;/h1-4,8H,(H,9,10);/q;+2/p-2. The van der Waals surface area contributed by atoms with Crippen molar-refractivity contribution >= 4 is 43.7 Å². The molecule has 0 aliphatic carbocycles. The van der Waals surface area contributed by atoms with E-state index in [4.69, 9.17) is 0 Å². The minimum Gasteiger partial charge on any atom is -0.872 e. The van der Waals surface area contributed by atoms with Crippen LogP contribution < -0.4 is 10.2 Å². The maximum absolute atomic E-state index is 10.6. The summed E-state index contributed by atoms with van der Waals surface area (Å²) in [6.07, 6.45) is 0. The van der Waals surface area contributed by atoms with E-state index in [0.717, 1.165) is 0 Å². The van der Waals surface area contributed by atoms with Crippen molar-refractivity contribution in [2.24, 2.45) is 0 Å². The zero-order chi connectivity index (χ0) is 7.56. The van der Waals surface area contributed by atoms with Crippen molar-refractivity contribution < 1.29 is 15.0 Å². The van der Waals surface area contributed by atoms with Crippen molar-refractivity contribution in [3.8, 4) is 5.75 Å². The molecule has 0 spiro atoms. The summed E-state index contributed by atoms with van der Waals surface area (Å²) in [6, 6.07) is 5.37. The zero-order valence-electron chi connectivity index (χ0n) is 5.74. The summed E-state index contributed by atoms with van der Waals surface area (Å²) in [4.78, 5) is 10.1. The maximum Gasteiger partial charge on any atom is 2.00 e. The van der Waals surface area contributed by atoms with Gasteiger partial charge in [0.05, 0.1) is 5.97 Å². The topological polar surface area (TPSA) is 63.2 Å². The van der Waals surface area contributed by atoms with Gasteiger partial charge in [0.25, 0.3) is 0 Å². The molecule has 52 valence electrons. The molecule has 4 heteroatoms. The van der Waals surface area contributed by atoms with Crippen LogP contribution in [0.3, 0.4) is 0 Å². The Balaban J connectivity index is 0.000001000. The third-order valence-electron chi connectivity index (χ3n) is 1.11. The van der Waals surface area contributed by atoms with Crippen molar-refractivity contribution in [2.45, 2.75) is 0 Å². The van der Waals surface area contributed by atoms with Crippen molar-refractivity contribution in [2.75, 3.05) is 0 Å². The fraction of sp³-hybridized carbons (Fsp3) is 0. The number of carboxylic acid groups (broad SMARTS) is 1. The molecule has 0 saturated carbocycles. The van der Waals surface area contributed by atoms with Crippen LogP contribution in [0.15, 0.2) is 24.3 Å². The van der Waals surface area contributed by atoms with Gasteiger partial charge < -0.3 is 15.0 Å². The third-order valence-corrected chi connectivity index (χ3v) is 1.11. The van der Waals surface area contributed by atoms with Crippen LogP contribution in [0.1, 0.15) is 10.4 Å². The molecule has 0 saturated heterocycles. The van der Waals surface area contributed by atoms with Gasteiger partial charge in [-0.15, -0.1) is 0 Å². The Morgan fingerprint density at radius 2 is 1.82 bits per heavy atom. The van der Waals surface area contributed by atoms with Gasteiger partial charge in [0, 0.05) is 0 Å². The predicted octanol–water partition coefficient (Wildman–Crippen LogP) is -1.26. The number of para-hydroxylation sites is 1. The van der Waals surface area contributed by atoms with E-state index in [0.29, 0.717) is 0 Å². The minimum atomic E-state index is -1.43. The van der Waals surface area contributed by atoms with E-state index in [1.165, 1.54) is 24.3 Å². The van der Waals surface area contributed by atoms with Gasteiger partial charge in [-0.05, 0) is 5.56 Å². The molecule has 0 aliphatic rings. The number of carboxylic acids is 1. The van der Waals surface area contributed by atoms with Crippen LogP contribution in [0.5, 0.6) is 5.75 Å². The van der Waals surface area contributed by atoms with Crippen LogP contribution in [-0.2, 0) is 0 Å². The van der Waals surface area contributed by atoms with E-state index in [1.54, 1.807) is 0 Å². The number of hydrogen-bond donors (Lipinski definition) is 0. The van der Waals surface area contributed by atoms with Gasteiger partial charge in [-0.1, -0.05) is 30.0 Å². The second-order valence-corrected chi connectivity index (χ2v) is 1.78. The van der Waals surface area contributed by atoms with Crippen molar-refractivity contribution in [1.82, 2.24) is 0 Å². The molecular formula is C7H4CaO3. The second-order valence-electron chi connectivity index (χ2n) is 1.78. The molecule has 3 nitrogen and oxygen atoms in total. The second kappa shape index (κ2) is 4.59. The van der Waals surface area contributed by atoms with Crippen LogP contribution >= 0.6 is 0 Å². The number of rotatable bonds is 1. The van der Waals surface area contributed by atoms with Gasteiger partial charge in [-0.3, -0.25) is 0 Å². The number of aromatic carboxylic acids is 1. The van der Waals surface area contributed by atoms with E-state index in [-0.39, 0.29) is 43.3 Å². The number of benzene rings is 1. The first-order valence-corrected chi connectivity index (χ1v) is 2.69. The predicted molar refractivity (Wildman–Crippen MR) is 36.0 cm³/mol. The SMILES string of the molecule is O=C([O-])c1ccccc1[O-].[Ca+2]. The van der Waals surface area contributed by atoms with Crippen LogP contribution in [0.2, 0.25) is 0 Å². The molecule has 1 rings (SSSR count). The molecule has 0 bridgehead atoms. The molecule has 0 atom stereocenters. The molecule has 1 aromatic rings. The molecule has 0 fully saturated rings. The van der Waals surface area contributed by atoms with Crippen LogP contribution in [0.4, 0.5) is 0 Å². The molecule has 1 aromatic carbocycles. The zero-order valence-corrected chi connectivity index (χ0v) is 7.95. The summed E-state index contributed by atoms with van der Waals surface area (Å²) < 4.78 is 0. The first-order chi connectivity index (χ1) is 4.72. The van der Waals surface area contributed by atoms with Gasteiger partial charge in [0.15, 0.2) is 0 Å². The normalized spacial score (nSPS) is 8.36. The molecule has 11 heavy (non-hydrogen) atoms. The van der Waals surface area contributed by atoms with Crippen LogP contribution in [0, 0.1) is 0 Å². The number of carbonyl (C=O) groups excluding carboxylic acids is 1. The van der Waals surface area contributed by atoms with E-state index in [1.807, 2.05) is 0 Å². The summed E-state index contributed by atoms with van der Waals surface area (Å²) in [5.74, 6) is -1.94. The average Bonchev–Trinajstić information content (AvgIpc) is 1.88. The first kappa shape index (κ1) is 10.7. The Hall–Kier alpha value is -0.250. The Morgan fingerprint density at radius 3 is 2.18 bits per heavy atom. The third kappa shape index (κ3) is 2.69. The largest absolute Gasteiger partial charge is 2.00 e. The molecule has 0 heterocycles. The molecule has 0 aliphatic heterocycles. The van der Waals surface area contributed by atoms with E-state index >= 15 is 0 Å². The molecule has 0 N–H and O–H groups in total. The van der Waals surface area contributed by atoms with E-state index in [9.17, 15) is 15.0 Å². The minimum absolute atomic E-state index is 0. The summed E-state index contributed by atoms with van der Waals surface area (Å²) in [7, 11) is 0. The van der Waals surface area contributed by atoms with Crippen molar-refractivity contribution in [3.63, 3.8) is 0 Å². The van der Waals surface area contributed by atoms with Gasteiger partial charge in [-0.2, -0.15) is 0 Å². The number of hydrogen-bond acceptors (Lipinski definition) is 3. The molecular weight excluding hydrogens is 172 g/mol. The van der Waals surface area contributed by atoms with Crippen molar-refractivity contribution in [1.29, 1.82) is 0 Å². The summed E-state index contributed by atoms with van der Waals surface area (Å²) >= 11 is 0. The summed E-state index contributed by atoms with van der Waals surface area (Å²) in [5.41, 5.74) is -0.289. The first-order valence-electron chi connectivity index (χ1n) is 2.69. The Bertz CT molecular complexity index is 260. The van der Waals surface area contributed by atoms with Crippen LogP contribution in [0.25, 0.3) is 0 Å². The summed E-state index contributed by atoms with van der Waals surface area (Å²) in [6.45, 7) is 0. The average molecular weight is 176 g/mol. The summed E-state index contributed by atoms with van der Waals surface area (Å²) in [5, 5.41) is 20.8. The van der Waals surface area contributed by atoms with Crippen LogP contribution in [-0.4, -0.2) is 43.7 Å². The Kier molecular flexibility index (Phi) is 4.49. The molecule has 0 amide bonds. The molecule has 0 unspecified atom stereocenters. The van der Waals surface area contributed by atoms with Crippen molar-refractivity contribution in [3.05, 3.63) is 29.8 Å². The smallest absolute Gasteiger partial charge is 0.872 e. The van der Waals surface area contributed by atoms with E-state index in [2.05, 4.69) is 0 Å². The van der Waals surface area contributed by atoms with Gasteiger partial charge >= 0.3 is 37.7 Å². The molecule has 0 radical (unpaired) electrons. The Labute approximate surface area is 93.7 Å². The van der Waals surface area contributed by atoms with Gasteiger partial charge in [-0.25, -0.2) is 0 Å². The van der Waals surface area contributed by atoms with Gasteiger partial charge in [0.1, 0.15) is 0 Å². The van der Waals surface area contributed by atoms with Gasteiger partial charge in [0.2, 0.25) is 0 Å². The maximum atomic E-state index is 10.6. The fourth-order valence-electron chi connectivity index (χ4n) is 0.635. The number of carbonyl (C=O) groups is 1. The monoisotopic (exact) mass is 176 g/mol. The fourth-order valence-corrected chi connectivity index (χ4v) is 0.635. The van der Waals surface area contributed by atoms with E-state index < -0.39 is 11.7 Å². The Morgan fingerprint density at radius 1 is 1.27 bits per heavy atom. The molecule has 0 aromatic heterocycles.